The number of phenols is 3. The SMILES string of the molecule is CCc1cc(-c2cccc(O)c2)c(Cc2cc(OC3CCCC3)cc3c2OC[C@H]([C@@H]2[C@H](CCCOC)Oc4c5cc(c6cc(O)ccc46)OCC#C[C@@H]4CN[C@@]6(CC7(CCCC7)[C@@]78CC[C@]9(CC[C@H]%10[C@H](CCOC)C[C@H](C[C@H]67)[C@@H]%109)C8)N[C@@]46[C@H]4C=C[C@H]([C@H](O)C4)[C@@H]6O[C@@H]52)[C@@H]3O)cc1O. The largest absolute Gasteiger partial charge is 0.508 e. The van der Waals surface area contributed by atoms with E-state index in [1.807, 2.05) is 50.4 Å². The zero-order chi connectivity index (χ0) is 65.7. The van der Waals surface area contributed by atoms with Gasteiger partial charge in [0.25, 0.3) is 0 Å². The molecule has 9 fully saturated rings. The number of rotatable bonds is 14. The van der Waals surface area contributed by atoms with Gasteiger partial charge in [0, 0.05) is 91.5 Å². The van der Waals surface area contributed by atoms with Crippen molar-refractivity contribution in [3.63, 3.8) is 0 Å². The maximum absolute atomic E-state index is 14.0. The number of phenolic OH excluding ortho intramolecular Hbond substituents is 3. The molecule has 4 aliphatic heterocycles. The van der Waals surface area contributed by atoms with Crippen LogP contribution in [-0.2, 0) is 27.1 Å². The van der Waals surface area contributed by atoms with Crippen molar-refractivity contribution in [2.75, 3.05) is 47.2 Å². The summed E-state index contributed by atoms with van der Waals surface area (Å²) in [7, 11) is 3.62. The number of methoxy groups -OCH3 is 2. The Hall–Kier alpha value is -6.02. The van der Waals surface area contributed by atoms with Crippen LogP contribution >= 0.6 is 0 Å². The van der Waals surface area contributed by atoms with Crippen LogP contribution in [0.1, 0.15) is 175 Å². The van der Waals surface area contributed by atoms with Crippen LogP contribution in [0.4, 0.5) is 0 Å². The fourth-order valence-corrected chi connectivity index (χ4v) is 25.0. The van der Waals surface area contributed by atoms with E-state index in [4.69, 9.17) is 38.5 Å². The number of benzene rings is 5. The van der Waals surface area contributed by atoms with Gasteiger partial charge in [-0.15, -0.1) is 0 Å². The predicted octanol–water partition coefficient (Wildman–Crippen LogP) is 14.1. The summed E-state index contributed by atoms with van der Waals surface area (Å²) >= 11 is 0. The van der Waals surface area contributed by atoms with E-state index < -0.39 is 53.6 Å². The molecule has 4 heterocycles. The van der Waals surface area contributed by atoms with Gasteiger partial charge >= 0.3 is 0 Å². The van der Waals surface area contributed by atoms with Gasteiger partial charge in [-0.05, 0) is 251 Å². The number of aliphatic hydroxyl groups is 2. The van der Waals surface area contributed by atoms with Crippen molar-refractivity contribution >= 4 is 10.8 Å². The van der Waals surface area contributed by atoms with Crippen LogP contribution in [0, 0.1) is 87.3 Å². The van der Waals surface area contributed by atoms with Crippen molar-refractivity contribution in [3.8, 4) is 63.2 Å². The van der Waals surface area contributed by atoms with Crippen LogP contribution in [0.5, 0.6) is 40.2 Å². The van der Waals surface area contributed by atoms with E-state index in [9.17, 15) is 25.5 Å². The molecule has 0 aromatic heterocycles. The molecule has 14 heteroatoms. The molecule has 8 saturated carbocycles. The lowest BCUT2D eigenvalue weighted by Gasteiger charge is -2.65. The van der Waals surface area contributed by atoms with Gasteiger partial charge in [0.2, 0.25) is 0 Å². The molecule has 14 nitrogen and oxygen atoms in total. The van der Waals surface area contributed by atoms with E-state index in [0.717, 1.165) is 102 Å². The van der Waals surface area contributed by atoms with Gasteiger partial charge < -0.3 is 58.7 Å². The summed E-state index contributed by atoms with van der Waals surface area (Å²) < 4.78 is 49.2. The smallest absolute Gasteiger partial charge is 0.149 e. The lowest BCUT2D eigenvalue weighted by Crippen LogP contribution is -2.83. The molecular weight excluding hydrogens is 1220 g/mol. The minimum atomic E-state index is -1.10. The number of aromatic hydroxyl groups is 3. The van der Waals surface area contributed by atoms with E-state index >= 15 is 0 Å². The molecule has 0 unspecified atom stereocenters. The molecule has 14 aliphatic rings. The molecule has 6 bridgehead atoms. The lowest BCUT2D eigenvalue weighted by atomic mass is 9.54. The van der Waals surface area contributed by atoms with E-state index in [2.05, 4.69) is 41.4 Å². The minimum Gasteiger partial charge on any atom is -0.508 e. The Morgan fingerprint density at radius 2 is 1.60 bits per heavy atom. The Morgan fingerprint density at radius 1 is 0.742 bits per heavy atom. The van der Waals surface area contributed by atoms with Crippen molar-refractivity contribution in [2.24, 2.45) is 75.4 Å². The molecule has 10 aliphatic carbocycles. The second kappa shape index (κ2) is 24.1. The van der Waals surface area contributed by atoms with Gasteiger partial charge in [-0.3, -0.25) is 10.6 Å². The van der Waals surface area contributed by atoms with Crippen molar-refractivity contribution < 1.29 is 58.7 Å². The van der Waals surface area contributed by atoms with Crippen LogP contribution in [0.15, 0.2) is 84.9 Å². The summed E-state index contributed by atoms with van der Waals surface area (Å²) in [6.45, 7) is 4.29. The fourth-order valence-electron chi connectivity index (χ4n) is 25.0. The average molecular weight is 1320 g/mol. The third kappa shape index (κ3) is 9.77. The predicted molar refractivity (Wildman–Crippen MR) is 370 cm³/mol. The fraction of sp³-hybridized carbons (Fsp3) is 0.614. The van der Waals surface area contributed by atoms with Crippen LogP contribution in [0.3, 0.4) is 0 Å². The Kier molecular flexibility index (Phi) is 15.7. The quantitative estimate of drug-likeness (QED) is 0.0316. The highest BCUT2D eigenvalue weighted by atomic mass is 16.5. The standard InChI is InChI=1S/C83H100N2O12/c1-4-47-36-62(48-12-9-14-55(86)34-48)50(37-67(47)88)33-52-35-58(95-57-15-5-6-16-57)41-64-74(90)66(44-94-75(52)64)72-69(17-11-29-91-2)96-76-60-21-19-56(87)40-63(60)70-42-65(76)77(72)97-78-61-20-18-53(39-68(61)89)83(78)54(13-10-30-93-70)43-84-82(85-83)46-80(24-7-8-25-80)81-28-27-79(45-81)26-22-59-49(23-31-92-3)32-51(73(59)79)38-71(81)82/h9,12,14,18-21,34-37,40-42,49,51,53-54,57,59,61,66,68-69,71-74,77-78,84-90H,4-8,11,15-17,22-33,38-39,43-46H2,1-3H3/t49-,51-,53+,54-,59+,61-,66-,68-,69+,71+,72-,73+,74-,77+,78+,79-,81-,82+,83+/m1/s1. The molecule has 0 amide bonds. The van der Waals surface area contributed by atoms with Crippen LogP contribution in [0.2, 0.25) is 0 Å². The average Bonchev–Trinajstić information content (AvgIpc) is 1.51. The van der Waals surface area contributed by atoms with Crippen LogP contribution in [0.25, 0.3) is 21.9 Å². The van der Waals surface area contributed by atoms with Gasteiger partial charge in [0.05, 0.1) is 54.2 Å². The summed E-state index contributed by atoms with van der Waals surface area (Å²) in [5, 5.41) is 71.4. The molecular formula is C83H100N2O12. The van der Waals surface area contributed by atoms with E-state index in [1.165, 1.54) is 70.6 Å². The molecule has 19 rings (SSSR count). The number of aliphatic hydroxyl groups excluding tert-OH is 2. The van der Waals surface area contributed by atoms with Gasteiger partial charge in [-0.2, -0.15) is 0 Å². The van der Waals surface area contributed by atoms with Gasteiger partial charge in [-0.1, -0.05) is 55.9 Å². The number of fused-ring (bicyclic) bond motifs is 7. The molecule has 5 aromatic carbocycles. The summed E-state index contributed by atoms with van der Waals surface area (Å²) in [4.78, 5) is 0. The first-order valence-electron chi connectivity index (χ1n) is 37.7. The summed E-state index contributed by atoms with van der Waals surface area (Å²) in [6.07, 6.45) is 24.7. The van der Waals surface area contributed by atoms with Gasteiger partial charge in [0.15, 0.2) is 0 Å². The first kappa shape index (κ1) is 63.2. The number of hydrogen-bond acceptors (Lipinski definition) is 14. The number of nitrogens with one attached hydrogen (secondary N) is 2. The normalized spacial score (nSPS) is 38.2. The van der Waals surface area contributed by atoms with Crippen molar-refractivity contribution in [2.45, 2.75) is 196 Å². The highest BCUT2D eigenvalue weighted by Crippen LogP contribution is 2.82. The third-order valence-corrected chi connectivity index (χ3v) is 28.7. The lowest BCUT2D eigenvalue weighted by molar-refractivity contribution is -0.211. The zero-order valence-corrected chi connectivity index (χ0v) is 57.0. The Bertz CT molecular complexity index is 3980. The number of hydrogen-bond donors (Lipinski definition) is 7. The van der Waals surface area contributed by atoms with Crippen molar-refractivity contribution in [1.29, 1.82) is 0 Å². The third-order valence-electron chi connectivity index (χ3n) is 28.7. The minimum absolute atomic E-state index is 0.0214. The monoisotopic (exact) mass is 1320 g/mol. The van der Waals surface area contributed by atoms with Gasteiger partial charge in [-0.25, -0.2) is 0 Å². The Morgan fingerprint density at radius 3 is 2.42 bits per heavy atom. The molecule has 7 N–H and O–H groups in total. The molecule has 5 spiro atoms. The zero-order valence-electron chi connectivity index (χ0n) is 57.0. The summed E-state index contributed by atoms with van der Waals surface area (Å²) in [5.41, 5.74) is 5.31. The number of aryl methyl sites for hydroxylation is 1. The maximum atomic E-state index is 14.0. The van der Waals surface area contributed by atoms with Crippen LogP contribution in [-0.4, -0.2) is 108 Å². The Labute approximate surface area is 571 Å². The van der Waals surface area contributed by atoms with E-state index in [-0.39, 0.29) is 65.1 Å². The first-order chi connectivity index (χ1) is 47.3. The second-order valence-electron chi connectivity index (χ2n) is 32.9. The van der Waals surface area contributed by atoms with Crippen molar-refractivity contribution in [1.82, 2.24) is 10.6 Å². The molecule has 19 atom stereocenters. The topological polar surface area (TPSA) is 190 Å². The molecule has 514 valence electrons. The van der Waals surface area contributed by atoms with Gasteiger partial charge in [0.1, 0.15) is 53.0 Å². The van der Waals surface area contributed by atoms with E-state index in [1.54, 1.807) is 31.4 Å². The second-order valence-corrected chi connectivity index (χ2v) is 32.9. The molecule has 5 aromatic rings. The summed E-state index contributed by atoms with van der Waals surface area (Å²) in [5.74, 6) is 12.0. The molecule has 97 heavy (non-hydrogen) atoms. The highest BCUT2D eigenvalue weighted by Gasteiger charge is 2.79. The van der Waals surface area contributed by atoms with Crippen molar-refractivity contribution in [3.05, 3.63) is 113 Å². The molecule has 0 radical (unpaired) electrons. The maximum Gasteiger partial charge on any atom is 0.149 e. The summed E-state index contributed by atoms with van der Waals surface area (Å²) in [6, 6.07) is 22.7. The van der Waals surface area contributed by atoms with E-state index in [0.29, 0.717) is 96.5 Å². The molecule has 1 saturated heterocycles. The highest BCUT2D eigenvalue weighted by molar-refractivity contribution is 5.96. The first-order valence-corrected chi connectivity index (χ1v) is 37.7. The number of ether oxygens (including phenoxy) is 7. The van der Waals surface area contributed by atoms with Crippen LogP contribution < -0.4 is 29.6 Å². The Balaban J connectivity index is 0.788.